The van der Waals surface area contributed by atoms with Gasteiger partial charge < -0.3 is 5.32 Å². The molecular weight excluding hydrogens is 274 g/mol. The van der Waals surface area contributed by atoms with Crippen LogP contribution in [0.15, 0.2) is 4.99 Å². The minimum atomic E-state index is -3.90. The molecule has 104 valence electrons. The molecule has 1 heterocycles. The molecule has 1 aliphatic heterocycles. The highest BCUT2D eigenvalue weighted by molar-refractivity contribution is 5.87. The molecule has 0 saturated heterocycles. The maximum atomic E-state index is 10.7. The molecule has 0 aromatic rings. The van der Waals surface area contributed by atoms with E-state index in [-0.39, 0.29) is 0 Å². The Kier molecular flexibility index (Phi) is 3.39. The summed E-state index contributed by atoms with van der Waals surface area (Å²) in [5, 5.41) is 43.7. The van der Waals surface area contributed by atoms with Crippen molar-refractivity contribution in [1.82, 2.24) is 10.3 Å². The predicted molar refractivity (Wildman–Crippen MR) is 52.9 cm³/mol. The molecule has 0 atom stereocenters. The Hall–Kier alpha value is -3.13. The summed E-state index contributed by atoms with van der Waals surface area (Å²) >= 11 is 0. The van der Waals surface area contributed by atoms with Gasteiger partial charge >= 0.3 is 11.6 Å². The molecule has 1 N–H and O–H groups in total. The van der Waals surface area contributed by atoms with E-state index in [2.05, 4.69) is 4.99 Å². The Bertz CT molecular complexity index is 449. The zero-order chi connectivity index (χ0) is 14.8. The fourth-order valence-corrected chi connectivity index (χ4v) is 1.22. The summed E-state index contributed by atoms with van der Waals surface area (Å²) in [4.78, 5) is 40.3. The smallest absolute Gasteiger partial charge is 0.332 e. The highest BCUT2D eigenvalue weighted by atomic mass is 16.7. The van der Waals surface area contributed by atoms with Crippen LogP contribution in [0, 0.1) is 40.5 Å². The van der Waals surface area contributed by atoms with Crippen molar-refractivity contribution in [3.05, 3.63) is 40.5 Å². The fourth-order valence-electron chi connectivity index (χ4n) is 1.22. The van der Waals surface area contributed by atoms with Crippen molar-refractivity contribution in [2.75, 3.05) is 13.3 Å². The van der Waals surface area contributed by atoms with Gasteiger partial charge in [0.15, 0.2) is 33.1 Å². The zero-order valence-corrected chi connectivity index (χ0v) is 8.86. The lowest BCUT2D eigenvalue weighted by molar-refractivity contribution is -0.945. The summed E-state index contributed by atoms with van der Waals surface area (Å²) in [6, 6.07) is 0. The standard InChI is InChI=1S/C4H5N7O8/c12-8(13)4(9(14)15,10(16)17)3-5-1-7(2-6-3)11(18)19/h1-2H2,(H,5,6). The molecule has 1 aliphatic rings. The Morgan fingerprint density at radius 2 is 1.53 bits per heavy atom. The summed E-state index contributed by atoms with van der Waals surface area (Å²) in [6.07, 6.45) is 0. The van der Waals surface area contributed by atoms with Crippen LogP contribution in [0.4, 0.5) is 0 Å². The number of hydrogen-bond acceptors (Lipinski definition) is 10. The van der Waals surface area contributed by atoms with E-state index in [1.807, 2.05) is 5.32 Å². The average Bonchev–Trinajstić information content (AvgIpc) is 2.28. The second-order valence-electron chi connectivity index (χ2n) is 3.13. The van der Waals surface area contributed by atoms with Crippen LogP contribution in [0.3, 0.4) is 0 Å². The summed E-state index contributed by atoms with van der Waals surface area (Å²) in [5.41, 5.74) is 0. The number of hydrazine groups is 1. The molecule has 0 amide bonds. The molecule has 0 aromatic heterocycles. The van der Waals surface area contributed by atoms with Gasteiger partial charge in [-0.3, -0.25) is 30.3 Å². The molecule has 0 saturated carbocycles. The molecule has 0 aliphatic carbocycles. The summed E-state index contributed by atoms with van der Waals surface area (Å²) in [6.45, 7) is -1.48. The van der Waals surface area contributed by atoms with E-state index in [1.54, 1.807) is 0 Å². The molecule has 15 nitrogen and oxygen atoms in total. The van der Waals surface area contributed by atoms with Gasteiger partial charge in [-0.25, -0.2) is 15.1 Å². The van der Waals surface area contributed by atoms with E-state index >= 15 is 0 Å². The van der Waals surface area contributed by atoms with Gasteiger partial charge in [-0.15, -0.1) is 0 Å². The molecule has 0 radical (unpaired) electrons. The number of nitrogens with one attached hydrogen (secondary N) is 1. The van der Waals surface area contributed by atoms with Gasteiger partial charge in [-0.05, 0) is 0 Å². The Labute approximate surface area is 102 Å². The Morgan fingerprint density at radius 1 is 1.05 bits per heavy atom. The summed E-state index contributed by atoms with van der Waals surface area (Å²) < 4.78 is 0. The number of nitro groups is 4. The summed E-state index contributed by atoms with van der Waals surface area (Å²) in [7, 11) is 0. The number of amidine groups is 1. The highest BCUT2D eigenvalue weighted by Gasteiger charge is 2.76. The minimum Gasteiger partial charge on any atom is -0.332 e. The zero-order valence-electron chi connectivity index (χ0n) is 8.86. The summed E-state index contributed by atoms with van der Waals surface area (Å²) in [5.74, 6) is -5.08. The molecule has 0 bridgehead atoms. The molecular formula is C4H5N7O8. The van der Waals surface area contributed by atoms with Crippen LogP contribution in [0.25, 0.3) is 0 Å². The number of rotatable bonds is 5. The van der Waals surface area contributed by atoms with Gasteiger partial charge in [-0.1, -0.05) is 5.01 Å². The lowest BCUT2D eigenvalue weighted by atomic mass is 10.3. The van der Waals surface area contributed by atoms with Crippen LogP contribution < -0.4 is 5.32 Å². The third-order valence-corrected chi connectivity index (χ3v) is 2.13. The molecule has 0 spiro atoms. The number of hydrogen-bond donors (Lipinski definition) is 1. The fraction of sp³-hybridized carbons (Fsp3) is 0.750. The average molecular weight is 279 g/mol. The first kappa shape index (κ1) is 13.9. The Morgan fingerprint density at radius 3 is 1.79 bits per heavy atom. The molecule has 15 heteroatoms. The maximum Gasteiger partial charge on any atom is 0.760 e. The highest BCUT2D eigenvalue weighted by Crippen LogP contribution is 2.15. The van der Waals surface area contributed by atoms with Crippen molar-refractivity contribution in [3.63, 3.8) is 0 Å². The van der Waals surface area contributed by atoms with Gasteiger partial charge in [-0.2, -0.15) is 0 Å². The van der Waals surface area contributed by atoms with Crippen LogP contribution in [-0.2, 0) is 0 Å². The normalized spacial score (nSPS) is 15.2. The molecule has 19 heavy (non-hydrogen) atoms. The third-order valence-electron chi connectivity index (χ3n) is 2.13. The Balaban J connectivity index is 3.22. The first-order valence-electron chi connectivity index (χ1n) is 4.36. The van der Waals surface area contributed by atoms with Gasteiger partial charge in [0.05, 0.1) is 0 Å². The van der Waals surface area contributed by atoms with E-state index in [9.17, 15) is 40.5 Å². The van der Waals surface area contributed by atoms with Gasteiger partial charge in [0, 0.05) is 0 Å². The van der Waals surface area contributed by atoms with Crippen molar-refractivity contribution >= 4 is 5.84 Å². The second-order valence-corrected chi connectivity index (χ2v) is 3.13. The van der Waals surface area contributed by atoms with Crippen molar-refractivity contribution in [3.8, 4) is 0 Å². The minimum absolute atomic E-state index is 0.411. The monoisotopic (exact) mass is 279 g/mol. The predicted octanol–water partition coefficient (Wildman–Crippen LogP) is -2.12. The van der Waals surface area contributed by atoms with Crippen LogP contribution in [0.2, 0.25) is 0 Å². The molecule has 0 fully saturated rings. The van der Waals surface area contributed by atoms with Gasteiger partial charge in [0.25, 0.3) is 0 Å². The van der Waals surface area contributed by atoms with Crippen LogP contribution in [-0.4, -0.2) is 49.8 Å². The lowest BCUT2D eigenvalue weighted by Crippen LogP contribution is -2.66. The van der Waals surface area contributed by atoms with Crippen LogP contribution in [0.1, 0.15) is 0 Å². The molecule has 1 rings (SSSR count). The largest absolute Gasteiger partial charge is 0.760 e. The van der Waals surface area contributed by atoms with E-state index < -0.39 is 44.8 Å². The van der Waals surface area contributed by atoms with Crippen molar-refractivity contribution in [2.24, 2.45) is 4.99 Å². The first-order valence-corrected chi connectivity index (χ1v) is 4.36. The van der Waals surface area contributed by atoms with Crippen molar-refractivity contribution in [1.29, 1.82) is 0 Å². The first-order chi connectivity index (χ1) is 8.74. The van der Waals surface area contributed by atoms with Gasteiger partial charge in [0.2, 0.25) is 0 Å². The third kappa shape index (κ3) is 2.03. The SMILES string of the molecule is O=[N+]([O-])N1CN=C(C([N+](=O)[O-])([N+](=O)[O-])[N+](=O)[O-])NC1. The molecule has 0 aromatic carbocycles. The van der Waals surface area contributed by atoms with E-state index in [0.29, 0.717) is 5.01 Å². The maximum absolute atomic E-state index is 10.7. The van der Waals surface area contributed by atoms with E-state index in [0.717, 1.165) is 0 Å². The van der Waals surface area contributed by atoms with Crippen molar-refractivity contribution < 1.29 is 19.8 Å². The molecule has 0 unspecified atom stereocenters. The topological polar surface area (TPSA) is 200 Å². The van der Waals surface area contributed by atoms with Crippen LogP contribution in [0.5, 0.6) is 0 Å². The van der Waals surface area contributed by atoms with Crippen LogP contribution >= 0.6 is 0 Å². The second kappa shape index (κ2) is 4.63. The lowest BCUT2D eigenvalue weighted by Gasteiger charge is -2.19. The quantitative estimate of drug-likeness (QED) is 0.329. The van der Waals surface area contributed by atoms with E-state index in [4.69, 9.17) is 0 Å². The number of nitrogens with zero attached hydrogens (tertiary/aromatic N) is 6. The van der Waals surface area contributed by atoms with Crippen molar-refractivity contribution in [2.45, 2.75) is 5.79 Å². The van der Waals surface area contributed by atoms with E-state index in [1.165, 1.54) is 0 Å². The number of aliphatic imine (C=N–C) groups is 1. The van der Waals surface area contributed by atoms with Gasteiger partial charge in [0.1, 0.15) is 0 Å².